The molecule has 1 aliphatic heterocycles. The molecule has 1 N–H and O–H groups in total. The van der Waals surface area contributed by atoms with Crippen molar-refractivity contribution >= 4 is 11.8 Å². The molecule has 0 aromatic carbocycles. The normalized spacial score (nSPS) is 31.1. The first-order valence-corrected chi connectivity index (χ1v) is 12.2. The second-order valence-corrected chi connectivity index (χ2v) is 11.0. The van der Waals surface area contributed by atoms with Crippen molar-refractivity contribution in [2.24, 2.45) is 17.3 Å². The van der Waals surface area contributed by atoms with Crippen molar-refractivity contribution in [1.29, 1.82) is 0 Å². The van der Waals surface area contributed by atoms with Gasteiger partial charge in [0.05, 0.1) is 5.57 Å². The molecule has 4 rings (SSSR count). The summed E-state index contributed by atoms with van der Waals surface area (Å²) in [6.45, 7) is 6.10. The van der Waals surface area contributed by atoms with Crippen LogP contribution < -0.4 is 5.32 Å². The SMILES string of the molecule is CC1=C(C(=O)OC2CCCCC2)C(C2CCC([N+](=O)[O-])CC2)C2=C(CC(C)(C)CC2=O)N1. The molecule has 4 aliphatic rings. The summed E-state index contributed by atoms with van der Waals surface area (Å²) in [4.78, 5) is 37.9. The van der Waals surface area contributed by atoms with Crippen LogP contribution in [0.15, 0.2) is 22.5 Å². The number of hydrogen-bond donors (Lipinski definition) is 1. The van der Waals surface area contributed by atoms with Gasteiger partial charge < -0.3 is 10.1 Å². The van der Waals surface area contributed by atoms with Gasteiger partial charge in [0.2, 0.25) is 6.04 Å². The van der Waals surface area contributed by atoms with Crippen molar-refractivity contribution in [2.75, 3.05) is 0 Å². The van der Waals surface area contributed by atoms with Crippen LogP contribution in [0, 0.1) is 27.4 Å². The zero-order chi connectivity index (χ0) is 23.0. The third kappa shape index (κ3) is 4.62. The fourth-order valence-corrected chi connectivity index (χ4v) is 6.27. The van der Waals surface area contributed by atoms with Crippen LogP contribution in [0.1, 0.15) is 91.4 Å². The first kappa shape index (κ1) is 23.0. The van der Waals surface area contributed by atoms with E-state index in [-0.39, 0.29) is 40.0 Å². The minimum absolute atomic E-state index is 0.0484. The van der Waals surface area contributed by atoms with Gasteiger partial charge in [-0.25, -0.2) is 4.79 Å². The second-order valence-electron chi connectivity index (χ2n) is 11.0. The van der Waals surface area contributed by atoms with E-state index in [4.69, 9.17) is 4.74 Å². The van der Waals surface area contributed by atoms with E-state index < -0.39 is 6.04 Å². The van der Waals surface area contributed by atoms with Crippen molar-refractivity contribution in [2.45, 2.75) is 104 Å². The van der Waals surface area contributed by atoms with Gasteiger partial charge in [0.15, 0.2) is 5.78 Å². The van der Waals surface area contributed by atoms with Crippen LogP contribution in [0.2, 0.25) is 0 Å². The molecule has 7 heteroatoms. The lowest BCUT2D eigenvalue weighted by Gasteiger charge is -2.43. The summed E-state index contributed by atoms with van der Waals surface area (Å²) in [7, 11) is 0. The molecule has 0 aromatic heterocycles. The van der Waals surface area contributed by atoms with Crippen LogP contribution >= 0.6 is 0 Å². The van der Waals surface area contributed by atoms with Crippen molar-refractivity contribution in [3.8, 4) is 0 Å². The Hall–Kier alpha value is -2.18. The number of ketones is 1. The van der Waals surface area contributed by atoms with Crippen LogP contribution in [-0.4, -0.2) is 28.8 Å². The second kappa shape index (κ2) is 8.99. The highest BCUT2D eigenvalue weighted by molar-refractivity contribution is 6.02. The van der Waals surface area contributed by atoms with Crippen molar-refractivity contribution in [3.63, 3.8) is 0 Å². The predicted molar refractivity (Wildman–Crippen MR) is 120 cm³/mol. The predicted octanol–water partition coefficient (Wildman–Crippen LogP) is 4.83. The highest BCUT2D eigenvalue weighted by Gasteiger charge is 2.47. The molecule has 1 heterocycles. The summed E-state index contributed by atoms with van der Waals surface area (Å²) in [6, 6.07) is -0.523. The Balaban J connectivity index is 1.65. The summed E-state index contributed by atoms with van der Waals surface area (Å²) in [5, 5.41) is 14.7. The fourth-order valence-electron chi connectivity index (χ4n) is 6.27. The molecular formula is C25H36N2O5. The van der Waals surface area contributed by atoms with Gasteiger partial charge in [0, 0.05) is 47.1 Å². The smallest absolute Gasteiger partial charge is 0.336 e. The molecule has 1 unspecified atom stereocenters. The number of hydrogen-bond acceptors (Lipinski definition) is 6. The number of allylic oxidation sites excluding steroid dienone is 3. The van der Waals surface area contributed by atoms with Crippen LogP contribution in [0.25, 0.3) is 0 Å². The minimum atomic E-state index is -0.523. The first-order valence-electron chi connectivity index (χ1n) is 12.2. The lowest BCUT2D eigenvalue weighted by atomic mass is 9.64. The van der Waals surface area contributed by atoms with E-state index >= 15 is 0 Å². The molecule has 0 saturated heterocycles. The summed E-state index contributed by atoms with van der Waals surface area (Å²) in [5.41, 5.74) is 2.88. The van der Waals surface area contributed by atoms with Crippen LogP contribution in [-0.2, 0) is 14.3 Å². The van der Waals surface area contributed by atoms with E-state index in [0.29, 0.717) is 37.7 Å². The molecule has 3 aliphatic carbocycles. The maximum atomic E-state index is 13.4. The number of ether oxygens (including phenoxy) is 1. The molecule has 176 valence electrons. The number of nitrogens with one attached hydrogen (secondary N) is 1. The average Bonchev–Trinajstić information content (AvgIpc) is 2.72. The summed E-state index contributed by atoms with van der Waals surface area (Å²) >= 11 is 0. The molecule has 0 amide bonds. The highest BCUT2D eigenvalue weighted by Crippen LogP contribution is 2.48. The lowest BCUT2D eigenvalue weighted by Crippen LogP contribution is -2.43. The topological polar surface area (TPSA) is 98.5 Å². The van der Waals surface area contributed by atoms with E-state index in [2.05, 4.69) is 19.2 Å². The standard InChI is InChI=1S/C25H36N2O5/c1-15-21(24(29)32-18-7-5-4-6-8-18)22(16-9-11-17(12-10-16)27(30)31)23-19(26-15)13-25(2,3)14-20(23)28/h16-18,22,26H,4-14H2,1-3H3. The summed E-state index contributed by atoms with van der Waals surface area (Å²) < 4.78 is 5.96. The van der Waals surface area contributed by atoms with Gasteiger partial charge in [0.25, 0.3) is 0 Å². The van der Waals surface area contributed by atoms with Gasteiger partial charge in [0.1, 0.15) is 6.10 Å². The maximum Gasteiger partial charge on any atom is 0.336 e. The van der Waals surface area contributed by atoms with Crippen molar-refractivity contribution in [1.82, 2.24) is 5.32 Å². The Morgan fingerprint density at radius 1 is 1.06 bits per heavy atom. The monoisotopic (exact) mass is 444 g/mol. The molecular weight excluding hydrogens is 408 g/mol. The Morgan fingerprint density at radius 3 is 2.34 bits per heavy atom. The Kier molecular flexibility index (Phi) is 6.46. The lowest BCUT2D eigenvalue weighted by molar-refractivity contribution is -0.527. The molecule has 32 heavy (non-hydrogen) atoms. The van der Waals surface area contributed by atoms with E-state index in [1.165, 1.54) is 6.42 Å². The van der Waals surface area contributed by atoms with Crippen LogP contribution in [0.3, 0.4) is 0 Å². The van der Waals surface area contributed by atoms with Gasteiger partial charge in [-0.05, 0) is 63.2 Å². The Labute approximate surface area is 190 Å². The molecule has 0 spiro atoms. The number of nitro groups is 1. The number of carbonyl (C=O) groups excluding carboxylic acids is 2. The third-order valence-corrected chi connectivity index (χ3v) is 7.84. The number of esters is 1. The number of Topliss-reactive ketones (excluding diaryl/α,β-unsaturated/α-hetero) is 1. The minimum Gasteiger partial charge on any atom is -0.459 e. The van der Waals surface area contributed by atoms with Gasteiger partial charge in [-0.1, -0.05) is 20.3 Å². The van der Waals surface area contributed by atoms with Crippen molar-refractivity contribution in [3.05, 3.63) is 32.7 Å². The quantitative estimate of drug-likeness (QED) is 0.379. The highest BCUT2D eigenvalue weighted by atomic mass is 16.6. The van der Waals surface area contributed by atoms with E-state index in [0.717, 1.165) is 49.1 Å². The molecule has 0 bridgehead atoms. The zero-order valence-electron chi connectivity index (χ0n) is 19.6. The number of rotatable bonds is 4. The van der Waals surface area contributed by atoms with Crippen LogP contribution in [0.5, 0.6) is 0 Å². The van der Waals surface area contributed by atoms with Crippen LogP contribution in [0.4, 0.5) is 0 Å². The fraction of sp³-hybridized carbons (Fsp3) is 0.760. The maximum absolute atomic E-state index is 13.4. The van der Waals surface area contributed by atoms with E-state index in [1.807, 2.05) is 6.92 Å². The van der Waals surface area contributed by atoms with Crippen molar-refractivity contribution < 1.29 is 19.2 Å². The molecule has 2 saturated carbocycles. The number of carbonyl (C=O) groups is 2. The largest absolute Gasteiger partial charge is 0.459 e. The van der Waals surface area contributed by atoms with E-state index in [9.17, 15) is 19.7 Å². The molecule has 7 nitrogen and oxygen atoms in total. The molecule has 0 aromatic rings. The number of nitrogens with zero attached hydrogens (tertiary/aromatic N) is 1. The summed E-state index contributed by atoms with van der Waals surface area (Å²) in [5.74, 6) is -0.487. The summed E-state index contributed by atoms with van der Waals surface area (Å²) in [6.07, 6.45) is 8.57. The third-order valence-electron chi connectivity index (χ3n) is 7.84. The first-order chi connectivity index (χ1) is 15.2. The Bertz CT molecular complexity index is 858. The van der Waals surface area contributed by atoms with Gasteiger partial charge >= 0.3 is 5.97 Å². The van der Waals surface area contributed by atoms with Gasteiger partial charge in [-0.3, -0.25) is 14.9 Å². The Morgan fingerprint density at radius 2 is 1.72 bits per heavy atom. The van der Waals surface area contributed by atoms with E-state index in [1.54, 1.807) is 0 Å². The average molecular weight is 445 g/mol. The molecule has 0 radical (unpaired) electrons. The zero-order valence-corrected chi connectivity index (χ0v) is 19.6. The number of dihydropyridines is 1. The molecule has 1 atom stereocenters. The molecule has 2 fully saturated rings. The van der Waals surface area contributed by atoms with Gasteiger partial charge in [-0.15, -0.1) is 0 Å². The van der Waals surface area contributed by atoms with Gasteiger partial charge in [-0.2, -0.15) is 0 Å².